The molecule has 0 spiro atoms. The third-order valence-corrected chi connectivity index (χ3v) is 4.67. The van der Waals surface area contributed by atoms with Crippen molar-refractivity contribution in [1.82, 2.24) is 15.2 Å². The number of halogens is 1. The summed E-state index contributed by atoms with van der Waals surface area (Å²) in [6, 6.07) is 6.05. The zero-order valence-electron chi connectivity index (χ0n) is 17.1. The summed E-state index contributed by atoms with van der Waals surface area (Å²) < 4.78 is 4.66. The lowest BCUT2D eigenvalue weighted by atomic mass is 10.1. The molecule has 0 amide bonds. The lowest BCUT2D eigenvalue weighted by molar-refractivity contribution is -0.140. The number of ether oxygens (including phenoxy) is 1. The summed E-state index contributed by atoms with van der Waals surface area (Å²) in [7, 11) is 1.44. The number of nitrogens with zero attached hydrogens (tertiary/aromatic N) is 4. The molecule has 0 saturated carbocycles. The summed E-state index contributed by atoms with van der Waals surface area (Å²) in [6.07, 6.45) is 6.44. The number of guanidine groups is 1. The Morgan fingerprint density at radius 1 is 1.18 bits per heavy atom. The number of esters is 1. The predicted molar refractivity (Wildman–Crippen MR) is 125 cm³/mol. The molecule has 1 aromatic heterocycles. The van der Waals surface area contributed by atoms with Crippen LogP contribution < -0.4 is 10.2 Å². The number of aromatic nitrogens is 1. The molecule has 2 heterocycles. The van der Waals surface area contributed by atoms with Gasteiger partial charge in [0.25, 0.3) is 0 Å². The van der Waals surface area contributed by atoms with E-state index in [0.29, 0.717) is 6.42 Å². The second-order valence-electron chi connectivity index (χ2n) is 6.64. The van der Waals surface area contributed by atoms with Crippen LogP contribution in [-0.2, 0) is 9.53 Å². The number of carbonyl (C=O) groups is 1. The molecule has 2 rings (SSSR count). The van der Waals surface area contributed by atoms with Crippen molar-refractivity contribution in [3.63, 3.8) is 0 Å². The highest BCUT2D eigenvalue weighted by Gasteiger charge is 2.20. The van der Waals surface area contributed by atoms with Crippen molar-refractivity contribution in [3.05, 3.63) is 24.4 Å². The van der Waals surface area contributed by atoms with E-state index in [1.165, 1.54) is 7.11 Å². The molecule has 0 unspecified atom stereocenters. The summed E-state index contributed by atoms with van der Waals surface area (Å²) in [5, 5.41) is 3.41. The number of nitrogens with one attached hydrogen (secondary N) is 1. The fourth-order valence-corrected chi connectivity index (χ4v) is 3.14. The molecule has 1 aromatic rings. The largest absolute Gasteiger partial charge is 0.469 e. The summed E-state index contributed by atoms with van der Waals surface area (Å²) in [5.74, 6) is 1.94. The first kappa shape index (κ1) is 24.5. The Labute approximate surface area is 186 Å². The van der Waals surface area contributed by atoms with Gasteiger partial charge in [0, 0.05) is 51.9 Å². The van der Waals surface area contributed by atoms with Crippen molar-refractivity contribution in [2.75, 3.05) is 51.3 Å². The van der Waals surface area contributed by atoms with Gasteiger partial charge in [0.05, 0.1) is 7.11 Å². The first-order chi connectivity index (χ1) is 13.2. The topological polar surface area (TPSA) is 70.1 Å². The van der Waals surface area contributed by atoms with E-state index < -0.39 is 0 Å². The maximum absolute atomic E-state index is 11.1. The molecule has 1 N–H and O–H groups in total. The standard InChI is InChI=1S/C20H33N5O2.HI/c1-3-21-20(23-13-8-5-4-6-11-19(26)27-2)25-16-14-24(15-17-25)18-10-7-9-12-22-18;/h7,9-10,12H,3-6,8,11,13-17H2,1-2H3,(H,21,23);1H. The third kappa shape index (κ3) is 8.62. The smallest absolute Gasteiger partial charge is 0.305 e. The van der Waals surface area contributed by atoms with Crippen molar-refractivity contribution in [3.8, 4) is 0 Å². The van der Waals surface area contributed by atoms with Crippen LogP contribution in [0.25, 0.3) is 0 Å². The number of rotatable bonds is 9. The van der Waals surface area contributed by atoms with Gasteiger partial charge in [-0.2, -0.15) is 0 Å². The highest BCUT2D eigenvalue weighted by molar-refractivity contribution is 14.0. The fraction of sp³-hybridized carbons (Fsp3) is 0.650. The number of unbranched alkanes of at least 4 members (excludes halogenated alkanes) is 3. The van der Waals surface area contributed by atoms with Gasteiger partial charge in [0.2, 0.25) is 0 Å². The van der Waals surface area contributed by atoms with Crippen LogP contribution in [0.2, 0.25) is 0 Å². The van der Waals surface area contributed by atoms with Gasteiger partial charge in [-0.25, -0.2) is 4.98 Å². The fourth-order valence-electron chi connectivity index (χ4n) is 3.14. The Bertz CT molecular complexity index is 577. The number of carbonyl (C=O) groups excluding carboxylic acids is 1. The van der Waals surface area contributed by atoms with Crippen molar-refractivity contribution < 1.29 is 9.53 Å². The molecule has 1 saturated heterocycles. The summed E-state index contributed by atoms with van der Waals surface area (Å²) in [4.78, 5) is 25.0. The number of hydrogen-bond donors (Lipinski definition) is 1. The molecule has 0 aromatic carbocycles. The van der Waals surface area contributed by atoms with Crippen LogP contribution in [0.1, 0.15) is 39.0 Å². The molecular formula is C20H34IN5O2. The molecule has 1 fully saturated rings. The molecule has 1 aliphatic rings. The summed E-state index contributed by atoms with van der Waals surface area (Å²) >= 11 is 0. The number of hydrogen-bond acceptors (Lipinski definition) is 5. The quantitative estimate of drug-likeness (QED) is 0.184. The van der Waals surface area contributed by atoms with Crippen LogP contribution in [-0.4, -0.2) is 68.2 Å². The SMILES string of the molecule is CCNC(=NCCCCCCC(=O)OC)N1CCN(c2ccccn2)CC1.I. The number of pyridine rings is 1. The first-order valence-electron chi connectivity index (χ1n) is 10.0. The number of aliphatic imine (C=N–C) groups is 1. The van der Waals surface area contributed by atoms with E-state index in [0.717, 1.165) is 76.7 Å². The molecule has 7 nitrogen and oxygen atoms in total. The minimum atomic E-state index is -0.118. The van der Waals surface area contributed by atoms with Crippen LogP contribution in [0.4, 0.5) is 5.82 Å². The zero-order valence-corrected chi connectivity index (χ0v) is 19.4. The molecule has 158 valence electrons. The molecule has 1 aliphatic heterocycles. The molecule has 0 radical (unpaired) electrons. The third-order valence-electron chi connectivity index (χ3n) is 4.67. The van der Waals surface area contributed by atoms with Gasteiger partial charge in [-0.1, -0.05) is 18.9 Å². The van der Waals surface area contributed by atoms with Crippen LogP contribution in [0.15, 0.2) is 29.4 Å². The van der Waals surface area contributed by atoms with Crippen molar-refractivity contribution in [2.24, 2.45) is 4.99 Å². The number of piperazine rings is 1. The van der Waals surface area contributed by atoms with E-state index in [-0.39, 0.29) is 29.9 Å². The Balaban J connectivity index is 0.00000392. The van der Waals surface area contributed by atoms with Gasteiger partial charge >= 0.3 is 5.97 Å². The monoisotopic (exact) mass is 503 g/mol. The maximum Gasteiger partial charge on any atom is 0.305 e. The first-order valence-corrected chi connectivity index (χ1v) is 10.0. The molecule has 0 bridgehead atoms. The van der Waals surface area contributed by atoms with Gasteiger partial charge in [0.1, 0.15) is 5.82 Å². The second kappa shape index (κ2) is 14.4. The molecule has 0 aliphatic carbocycles. The Kier molecular flexibility index (Phi) is 12.6. The van der Waals surface area contributed by atoms with Gasteiger partial charge in [-0.05, 0) is 31.9 Å². The highest BCUT2D eigenvalue weighted by atomic mass is 127. The minimum absolute atomic E-state index is 0. The van der Waals surface area contributed by atoms with Crippen LogP contribution in [0.3, 0.4) is 0 Å². The van der Waals surface area contributed by atoms with Crippen molar-refractivity contribution in [2.45, 2.75) is 39.0 Å². The van der Waals surface area contributed by atoms with E-state index >= 15 is 0 Å². The van der Waals surface area contributed by atoms with Crippen LogP contribution in [0, 0.1) is 0 Å². The number of anilines is 1. The van der Waals surface area contributed by atoms with Gasteiger partial charge in [0.15, 0.2) is 5.96 Å². The van der Waals surface area contributed by atoms with E-state index in [1.54, 1.807) is 0 Å². The van der Waals surface area contributed by atoms with Crippen molar-refractivity contribution in [1.29, 1.82) is 0 Å². The van der Waals surface area contributed by atoms with Gasteiger partial charge in [-0.3, -0.25) is 9.79 Å². The van der Waals surface area contributed by atoms with Gasteiger partial charge < -0.3 is 19.9 Å². The molecule has 8 heteroatoms. The summed E-state index contributed by atoms with van der Waals surface area (Å²) in [6.45, 7) is 7.60. The normalized spacial score (nSPS) is 14.4. The van der Waals surface area contributed by atoms with E-state index in [1.807, 2.05) is 18.3 Å². The average molecular weight is 503 g/mol. The lowest BCUT2D eigenvalue weighted by Gasteiger charge is -2.37. The van der Waals surface area contributed by atoms with Crippen LogP contribution >= 0.6 is 24.0 Å². The zero-order chi connectivity index (χ0) is 19.3. The van der Waals surface area contributed by atoms with Gasteiger partial charge in [-0.15, -0.1) is 24.0 Å². The van der Waals surface area contributed by atoms with Crippen LogP contribution in [0.5, 0.6) is 0 Å². The molecular weight excluding hydrogens is 469 g/mol. The molecule has 0 atom stereocenters. The van der Waals surface area contributed by atoms with E-state index in [2.05, 4.69) is 37.8 Å². The lowest BCUT2D eigenvalue weighted by Crippen LogP contribution is -2.52. The highest BCUT2D eigenvalue weighted by Crippen LogP contribution is 2.12. The van der Waals surface area contributed by atoms with Crippen molar-refractivity contribution >= 4 is 41.7 Å². The number of methoxy groups -OCH3 is 1. The Hall–Kier alpha value is -1.58. The predicted octanol–water partition coefficient (Wildman–Crippen LogP) is 2.91. The summed E-state index contributed by atoms with van der Waals surface area (Å²) in [5.41, 5.74) is 0. The van der Waals surface area contributed by atoms with E-state index in [4.69, 9.17) is 4.99 Å². The Morgan fingerprint density at radius 3 is 2.57 bits per heavy atom. The molecule has 28 heavy (non-hydrogen) atoms. The maximum atomic E-state index is 11.1. The Morgan fingerprint density at radius 2 is 1.93 bits per heavy atom. The van der Waals surface area contributed by atoms with E-state index in [9.17, 15) is 4.79 Å². The minimum Gasteiger partial charge on any atom is -0.469 e. The average Bonchev–Trinajstić information content (AvgIpc) is 2.73. The second-order valence-corrected chi connectivity index (χ2v) is 6.64.